The van der Waals surface area contributed by atoms with Crippen molar-refractivity contribution in [2.24, 2.45) is 23.7 Å². The van der Waals surface area contributed by atoms with Gasteiger partial charge in [-0.25, -0.2) is 4.39 Å². The average Bonchev–Trinajstić information content (AvgIpc) is 2.73. The standard InChI is InChI=1S/C25H37FO2/c1-3-28-22-10-8-17(9-11-22)18-4-5-20-15-21(7-6-19(20)14-18)24-13-12-23(27-2)16-25(24)26/h12-13,16-22H,3-11,14-15H2,1-2H3. The van der Waals surface area contributed by atoms with E-state index in [-0.39, 0.29) is 5.82 Å². The third kappa shape index (κ3) is 4.40. The zero-order valence-electron chi connectivity index (χ0n) is 17.7. The summed E-state index contributed by atoms with van der Waals surface area (Å²) in [6.07, 6.45) is 13.6. The number of hydrogen-bond donors (Lipinski definition) is 0. The zero-order valence-corrected chi connectivity index (χ0v) is 17.7. The van der Waals surface area contributed by atoms with Gasteiger partial charge in [-0.3, -0.25) is 0 Å². The predicted molar refractivity (Wildman–Crippen MR) is 111 cm³/mol. The summed E-state index contributed by atoms with van der Waals surface area (Å²) in [6, 6.07) is 5.43. The van der Waals surface area contributed by atoms with E-state index in [1.54, 1.807) is 13.2 Å². The number of hydrogen-bond acceptors (Lipinski definition) is 2. The first-order valence-electron chi connectivity index (χ1n) is 11.6. The minimum atomic E-state index is -0.0810. The molecule has 3 fully saturated rings. The van der Waals surface area contributed by atoms with E-state index >= 15 is 0 Å². The minimum Gasteiger partial charge on any atom is -0.497 e. The summed E-state index contributed by atoms with van der Waals surface area (Å²) in [6.45, 7) is 2.97. The van der Waals surface area contributed by atoms with Crippen molar-refractivity contribution in [3.8, 4) is 5.75 Å². The smallest absolute Gasteiger partial charge is 0.130 e. The third-order valence-corrected chi connectivity index (χ3v) is 8.09. The molecule has 3 aliphatic rings. The van der Waals surface area contributed by atoms with Crippen LogP contribution < -0.4 is 4.74 Å². The van der Waals surface area contributed by atoms with Crippen LogP contribution in [0.1, 0.15) is 82.6 Å². The van der Waals surface area contributed by atoms with E-state index in [9.17, 15) is 4.39 Å². The minimum absolute atomic E-state index is 0.0810. The Kier molecular flexibility index (Phi) is 6.60. The highest BCUT2D eigenvalue weighted by Gasteiger charge is 2.39. The average molecular weight is 389 g/mol. The van der Waals surface area contributed by atoms with Gasteiger partial charge in [-0.1, -0.05) is 6.07 Å². The molecule has 3 heteroatoms. The highest BCUT2D eigenvalue weighted by molar-refractivity contribution is 5.31. The maximum Gasteiger partial charge on any atom is 0.130 e. The van der Waals surface area contributed by atoms with E-state index in [1.807, 2.05) is 12.1 Å². The molecule has 0 saturated heterocycles. The second-order valence-electron chi connectivity index (χ2n) is 9.48. The maximum absolute atomic E-state index is 14.5. The van der Waals surface area contributed by atoms with Crippen molar-refractivity contribution in [3.05, 3.63) is 29.6 Å². The Bertz CT molecular complexity index is 637. The van der Waals surface area contributed by atoms with Gasteiger partial charge in [0.2, 0.25) is 0 Å². The van der Waals surface area contributed by atoms with Gasteiger partial charge in [0, 0.05) is 12.7 Å². The highest BCUT2D eigenvalue weighted by atomic mass is 19.1. The number of halogens is 1. The van der Waals surface area contributed by atoms with Gasteiger partial charge in [0.15, 0.2) is 0 Å². The molecule has 1 aromatic rings. The molecule has 0 bridgehead atoms. The Morgan fingerprint density at radius 1 is 0.857 bits per heavy atom. The van der Waals surface area contributed by atoms with Crippen molar-refractivity contribution in [2.45, 2.75) is 83.2 Å². The number of rotatable bonds is 5. The van der Waals surface area contributed by atoms with Crippen LogP contribution in [0.4, 0.5) is 4.39 Å². The highest BCUT2D eigenvalue weighted by Crippen LogP contribution is 2.51. The first kappa shape index (κ1) is 20.2. The Morgan fingerprint density at radius 3 is 2.18 bits per heavy atom. The lowest BCUT2D eigenvalue weighted by Crippen LogP contribution is -2.35. The van der Waals surface area contributed by atoms with Gasteiger partial charge in [0.1, 0.15) is 11.6 Å². The lowest BCUT2D eigenvalue weighted by Gasteiger charge is -2.45. The molecule has 4 atom stereocenters. The molecule has 0 N–H and O–H groups in total. The summed E-state index contributed by atoms with van der Waals surface area (Å²) in [5.74, 6) is 4.46. The van der Waals surface area contributed by atoms with Crippen LogP contribution in [0.25, 0.3) is 0 Å². The molecule has 0 amide bonds. The van der Waals surface area contributed by atoms with Crippen LogP contribution in [-0.2, 0) is 4.74 Å². The first-order valence-corrected chi connectivity index (χ1v) is 11.6. The maximum atomic E-state index is 14.5. The second kappa shape index (κ2) is 9.15. The van der Waals surface area contributed by atoms with Gasteiger partial charge < -0.3 is 9.47 Å². The molecule has 3 aliphatic carbocycles. The van der Waals surface area contributed by atoms with Gasteiger partial charge in [-0.2, -0.15) is 0 Å². The van der Waals surface area contributed by atoms with E-state index < -0.39 is 0 Å². The molecule has 1 aromatic carbocycles. The van der Waals surface area contributed by atoms with Crippen molar-refractivity contribution < 1.29 is 13.9 Å². The molecule has 28 heavy (non-hydrogen) atoms. The number of fused-ring (bicyclic) bond motifs is 1. The van der Waals surface area contributed by atoms with Crippen LogP contribution in [0, 0.1) is 29.5 Å². The lowest BCUT2D eigenvalue weighted by atomic mass is 9.60. The number of methoxy groups -OCH3 is 1. The summed E-state index contributed by atoms with van der Waals surface area (Å²) < 4.78 is 25.6. The fourth-order valence-corrected chi connectivity index (χ4v) is 6.56. The van der Waals surface area contributed by atoms with E-state index in [4.69, 9.17) is 9.47 Å². The van der Waals surface area contributed by atoms with Crippen molar-refractivity contribution in [3.63, 3.8) is 0 Å². The van der Waals surface area contributed by atoms with Crippen LogP contribution >= 0.6 is 0 Å². The molecule has 156 valence electrons. The van der Waals surface area contributed by atoms with Crippen molar-refractivity contribution in [2.75, 3.05) is 13.7 Å². The van der Waals surface area contributed by atoms with Crippen molar-refractivity contribution >= 4 is 0 Å². The molecule has 0 aromatic heterocycles. The number of ether oxygens (including phenoxy) is 2. The van der Waals surface area contributed by atoms with Crippen LogP contribution in [0.3, 0.4) is 0 Å². The molecule has 4 unspecified atom stereocenters. The van der Waals surface area contributed by atoms with Gasteiger partial charge in [-0.05, 0) is 112 Å². The van der Waals surface area contributed by atoms with Crippen LogP contribution in [0.15, 0.2) is 18.2 Å². The molecule has 0 aliphatic heterocycles. The van der Waals surface area contributed by atoms with Gasteiger partial charge in [-0.15, -0.1) is 0 Å². The van der Waals surface area contributed by atoms with E-state index in [1.165, 1.54) is 57.8 Å². The number of benzene rings is 1. The summed E-state index contributed by atoms with van der Waals surface area (Å²) >= 11 is 0. The van der Waals surface area contributed by atoms with Crippen molar-refractivity contribution in [1.29, 1.82) is 0 Å². The quantitative estimate of drug-likeness (QED) is 0.557. The molecular weight excluding hydrogens is 351 g/mol. The topological polar surface area (TPSA) is 18.5 Å². The predicted octanol–water partition coefficient (Wildman–Crippen LogP) is 6.73. The summed E-state index contributed by atoms with van der Waals surface area (Å²) in [4.78, 5) is 0. The molecule has 0 spiro atoms. The Labute approximate surface area is 170 Å². The summed E-state index contributed by atoms with van der Waals surface area (Å²) in [5.41, 5.74) is 0.913. The Balaban J connectivity index is 1.31. The molecule has 2 nitrogen and oxygen atoms in total. The van der Waals surface area contributed by atoms with Gasteiger partial charge in [0.25, 0.3) is 0 Å². The second-order valence-corrected chi connectivity index (χ2v) is 9.48. The van der Waals surface area contributed by atoms with Crippen LogP contribution in [0.2, 0.25) is 0 Å². The van der Waals surface area contributed by atoms with E-state index in [0.717, 1.165) is 42.3 Å². The normalized spacial score (nSPS) is 36.0. The van der Waals surface area contributed by atoms with Crippen molar-refractivity contribution in [1.82, 2.24) is 0 Å². The monoisotopic (exact) mass is 388 g/mol. The Hall–Kier alpha value is -1.09. The summed E-state index contributed by atoms with van der Waals surface area (Å²) in [5, 5.41) is 0. The zero-order chi connectivity index (χ0) is 19.5. The van der Waals surface area contributed by atoms with Gasteiger partial charge >= 0.3 is 0 Å². The Morgan fingerprint density at radius 2 is 1.50 bits per heavy atom. The molecular formula is C25H37FO2. The molecule has 4 rings (SSSR count). The fraction of sp³-hybridized carbons (Fsp3) is 0.760. The fourth-order valence-electron chi connectivity index (χ4n) is 6.56. The largest absolute Gasteiger partial charge is 0.497 e. The first-order chi connectivity index (χ1) is 13.7. The van der Waals surface area contributed by atoms with E-state index in [2.05, 4.69) is 6.92 Å². The van der Waals surface area contributed by atoms with Crippen LogP contribution in [-0.4, -0.2) is 19.8 Å². The van der Waals surface area contributed by atoms with E-state index in [0.29, 0.717) is 17.8 Å². The molecule has 3 saturated carbocycles. The SMILES string of the molecule is CCOC1CCC(C2CCC3CC(c4ccc(OC)cc4F)CCC3C2)CC1. The van der Waals surface area contributed by atoms with Crippen LogP contribution in [0.5, 0.6) is 5.75 Å². The molecule has 0 heterocycles. The third-order valence-electron chi connectivity index (χ3n) is 8.09. The summed E-state index contributed by atoms with van der Waals surface area (Å²) in [7, 11) is 1.60. The lowest BCUT2D eigenvalue weighted by molar-refractivity contribution is 0.00578. The van der Waals surface area contributed by atoms with Gasteiger partial charge in [0.05, 0.1) is 13.2 Å². The molecule has 0 radical (unpaired) electrons.